The van der Waals surface area contributed by atoms with Crippen molar-refractivity contribution in [2.24, 2.45) is 0 Å². The van der Waals surface area contributed by atoms with Crippen LogP contribution in [0.5, 0.6) is 0 Å². The highest BCUT2D eigenvalue weighted by Gasteiger charge is 2.26. The second-order valence-electron chi connectivity index (χ2n) is 7.33. The predicted octanol–water partition coefficient (Wildman–Crippen LogP) is 3.52. The van der Waals surface area contributed by atoms with Crippen LogP contribution < -0.4 is 10.2 Å². The number of aromatic amines is 1. The van der Waals surface area contributed by atoms with Gasteiger partial charge in [-0.1, -0.05) is 29.8 Å². The molecule has 28 heavy (non-hydrogen) atoms. The van der Waals surface area contributed by atoms with Crippen molar-refractivity contribution in [3.8, 4) is 11.1 Å². The highest BCUT2D eigenvalue weighted by Crippen LogP contribution is 2.34. The lowest BCUT2D eigenvalue weighted by Gasteiger charge is -2.33. The summed E-state index contributed by atoms with van der Waals surface area (Å²) in [5.74, 6) is 1.10. The molecule has 6 nitrogen and oxygen atoms in total. The van der Waals surface area contributed by atoms with E-state index in [1.165, 1.54) is 22.4 Å². The van der Waals surface area contributed by atoms with Crippen molar-refractivity contribution in [2.75, 3.05) is 25.0 Å². The van der Waals surface area contributed by atoms with E-state index >= 15 is 0 Å². The third-order valence-corrected chi connectivity index (χ3v) is 5.42. The Hall–Kier alpha value is -3.15. The van der Waals surface area contributed by atoms with Crippen LogP contribution in [-0.2, 0) is 0 Å². The molecule has 0 bridgehead atoms. The van der Waals surface area contributed by atoms with Crippen molar-refractivity contribution < 1.29 is 4.79 Å². The van der Waals surface area contributed by atoms with E-state index in [0.717, 1.165) is 31.7 Å². The van der Waals surface area contributed by atoms with Gasteiger partial charge in [-0.3, -0.25) is 9.89 Å². The van der Waals surface area contributed by atoms with Crippen LogP contribution in [-0.4, -0.2) is 41.2 Å². The number of piperidine rings is 1. The first-order chi connectivity index (χ1) is 13.7. The topological polar surface area (TPSA) is 73.9 Å². The van der Waals surface area contributed by atoms with Crippen LogP contribution in [0.1, 0.15) is 40.4 Å². The van der Waals surface area contributed by atoms with Crippen LogP contribution in [0, 0.1) is 6.92 Å². The molecular weight excluding hydrogens is 350 g/mol. The molecule has 1 saturated heterocycles. The number of benzene rings is 1. The van der Waals surface area contributed by atoms with Crippen LogP contribution in [0.15, 0.2) is 48.8 Å². The van der Waals surface area contributed by atoms with Crippen LogP contribution in [0.3, 0.4) is 0 Å². The molecular formula is C22H25N5O. The normalized spacial score (nSPS) is 16.8. The molecule has 6 heteroatoms. The Morgan fingerprint density at radius 1 is 1.25 bits per heavy atom. The van der Waals surface area contributed by atoms with Gasteiger partial charge < -0.3 is 10.2 Å². The molecule has 2 aromatic heterocycles. The van der Waals surface area contributed by atoms with Gasteiger partial charge in [0.05, 0.1) is 6.20 Å². The van der Waals surface area contributed by atoms with Gasteiger partial charge in [0.2, 0.25) is 0 Å². The summed E-state index contributed by atoms with van der Waals surface area (Å²) in [6.07, 6.45) is 5.80. The number of anilines is 1. The minimum absolute atomic E-state index is 0.0903. The lowest BCUT2D eigenvalue weighted by Crippen LogP contribution is -2.35. The second kappa shape index (κ2) is 7.84. The van der Waals surface area contributed by atoms with Gasteiger partial charge in [-0.25, -0.2) is 4.98 Å². The summed E-state index contributed by atoms with van der Waals surface area (Å²) in [5.41, 5.74) is 5.41. The smallest absolute Gasteiger partial charge is 0.251 e. The summed E-state index contributed by atoms with van der Waals surface area (Å²) < 4.78 is 0. The maximum atomic E-state index is 12.0. The molecule has 0 unspecified atom stereocenters. The largest absolute Gasteiger partial charge is 0.356 e. The Balaban J connectivity index is 1.58. The van der Waals surface area contributed by atoms with Gasteiger partial charge in [-0.05, 0) is 37.5 Å². The number of H-pyrrole nitrogens is 1. The van der Waals surface area contributed by atoms with Crippen molar-refractivity contribution in [3.63, 3.8) is 0 Å². The van der Waals surface area contributed by atoms with Crippen molar-refractivity contribution in [2.45, 2.75) is 25.7 Å². The Labute approximate surface area is 165 Å². The fourth-order valence-corrected chi connectivity index (χ4v) is 3.87. The summed E-state index contributed by atoms with van der Waals surface area (Å²) >= 11 is 0. The molecule has 2 N–H and O–H groups in total. The first-order valence-electron chi connectivity index (χ1n) is 9.69. The number of carbonyl (C=O) groups is 1. The summed E-state index contributed by atoms with van der Waals surface area (Å²) in [6.45, 7) is 3.89. The van der Waals surface area contributed by atoms with Gasteiger partial charge in [0.15, 0.2) is 0 Å². The van der Waals surface area contributed by atoms with Gasteiger partial charge in [0.25, 0.3) is 5.91 Å². The molecule has 1 aliphatic rings. The van der Waals surface area contributed by atoms with E-state index in [4.69, 9.17) is 0 Å². The lowest BCUT2D eigenvalue weighted by molar-refractivity contribution is 0.0963. The van der Waals surface area contributed by atoms with Gasteiger partial charge >= 0.3 is 0 Å². The average Bonchev–Trinajstić information content (AvgIpc) is 3.24. The zero-order chi connectivity index (χ0) is 19.5. The fourth-order valence-electron chi connectivity index (χ4n) is 3.87. The number of rotatable bonds is 4. The standard InChI is InChI=1S/C22H25N5O/c1-15-5-7-16(8-6-15)19-13-25-26-21(19)18-4-3-11-27(14-18)20-12-17(9-10-24-20)22(28)23-2/h5-10,12-13,18H,3-4,11,14H2,1-2H3,(H,23,28)(H,25,26)/t18-/m0/s1. The summed E-state index contributed by atoms with van der Waals surface area (Å²) in [5, 5.41) is 10.2. The number of amides is 1. The van der Waals surface area contributed by atoms with Crippen LogP contribution in [0.25, 0.3) is 11.1 Å². The number of hydrogen-bond donors (Lipinski definition) is 2. The molecule has 1 amide bonds. The number of nitrogens with one attached hydrogen (secondary N) is 2. The predicted molar refractivity (Wildman–Crippen MR) is 111 cm³/mol. The monoisotopic (exact) mass is 375 g/mol. The van der Waals surface area contributed by atoms with Crippen molar-refractivity contribution in [1.29, 1.82) is 0 Å². The number of hydrogen-bond acceptors (Lipinski definition) is 4. The molecule has 1 fully saturated rings. The van der Waals surface area contributed by atoms with E-state index in [1.54, 1.807) is 19.3 Å². The molecule has 4 rings (SSSR count). The Morgan fingerprint density at radius 3 is 2.86 bits per heavy atom. The molecule has 144 valence electrons. The summed E-state index contributed by atoms with van der Waals surface area (Å²) in [6, 6.07) is 12.2. The summed E-state index contributed by atoms with van der Waals surface area (Å²) in [4.78, 5) is 18.7. The quantitative estimate of drug-likeness (QED) is 0.732. The number of pyridine rings is 1. The maximum Gasteiger partial charge on any atom is 0.251 e. The summed E-state index contributed by atoms with van der Waals surface area (Å²) in [7, 11) is 1.64. The van der Waals surface area contributed by atoms with E-state index in [0.29, 0.717) is 11.5 Å². The first-order valence-corrected chi connectivity index (χ1v) is 9.69. The number of aryl methyl sites for hydroxylation is 1. The first kappa shape index (κ1) is 18.2. The van der Waals surface area contributed by atoms with E-state index < -0.39 is 0 Å². The molecule has 1 atom stereocenters. The van der Waals surface area contributed by atoms with Crippen molar-refractivity contribution in [3.05, 3.63) is 65.6 Å². The zero-order valence-electron chi connectivity index (χ0n) is 16.3. The van der Waals surface area contributed by atoms with Gasteiger partial charge in [-0.15, -0.1) is 0 Å². The van der Waals surface area contributed by atoms with Gasteiger partial charge in [-0.2, -0.15) is 5.10 Å². The molecule has 0 radical (unpaired) electrons. The van der Waals surface area contributed by atoms with Gasteiger partial charge in [0.1, 0.15) is 5.82 Å². The van der Waals surface area contributed by atoms with E-state index in [9.17, 15) is 4.79 Å². The van der Waals surface area contributed by atoms with Gasteiger partial charge in [0, 0.05) is 49.1 Å². The number of carbonyl (C=O) groups excluding carboxylic acids is 1. The SMILES string of the molecule is CNC(=O)c1ccnc(N2CCC[C@H](c3[nH]ncc3-c3ccc(C)cc3)C2)c1. The lowest BCUT2D eigenvalue weighted by atomic mass is 9.90. The highest BCUT2D eigenvalue weighted by atomic mass is 16.1. The third kappa shape index (κ3) is 3.63. The van der Waals surface area contributed by atoms with E-state index in [-0.39, 0.29) is 5.91 Å². The van der Waals surface area contributed by atoms with E-state index in [1.807, 2.05) is 12.3 Å². The Bertz CT molecular complexity index is 963. The fraction of sp³-hybridized carbons (Fsp3) is 0.318. The molecule has 1 aliphatic heterocycles. The molecule has 3 heterocycles. The van der Waals surface area contributed by atoms with Crippen molar-refractivity contribution >= 4 is 11.7 Å². The Kier molecular flexibility index (Phi) is 5.10. The molecule has 3 aromatic rings. The molecule has 1 aromatic carbocycles. The molecule has 0 saturated carbocycles. The van der Waals surface area contributed by atoms with Crippen molar-refractivity contribution in [1.82, 2.24) is 20.5 Å². The number of aromatic nitrogens is 3. The van der Waals surface area contributed by atoms with Crippen LogP contribution >= 0.6 is 0 Å². The highest BCUT2D eigenvalue weighted by molar-refractivity contribution is 5.94. The molecule has 0 spiro atoms. The number of nitrogens with zero attached hydrogens (tertiary/aromatic N) is 3. The van der Waals surface area contributed by atoms with Crippen LogP contribution in [0.4, 0.5) is 5.82 Å². The second-order valence-corrected chi connectivity index (χ2v) is 7.33. The molecule has 0 aliphatic carbocycles. The average molecular weight is 375 g/mol. The van der Waals surface area contributed by atoms with E-state index in [2.05, 4.69) is 56.6 Å². The maximum absolute atomic E-state index is 12.0. The third-order valence-electron chi connectivity index (χ3n) is 5.42. The zero-order valence-corrected chi connectivity index (χ0v) is 16.3. The van der Waals surface area contributed by atoms with Crippen LogP contribution in [0.2, 0.25) is 0 Å². The Morgan fingerprint density at radius 2 is 2.07 bits per heavy atom. The minimum atomic E-state index is -0.0903. The minimum Gasteiger partial charge on any atom is -0.356 e.